The normalized spacial score (nSPS) is 15.2. The monoisotopic (exact) mass is 319 g/mol. The molecule has 3 rings (SSSR count). The average molecular weight is 320 g/mol. The number of hydrogen-bond acceptors (Lipinski definition) is 4. The van der Waals surface area contributed by atoms with Crippen molar-refractivity contribution in [2.24, 2.45) is 0 Å². The first-order valence-corrected chi connectivity index (χ1v) is 7.70. The molecule has 1 amide bonds. The molecular weight excluding hydrogens is 302 g/mol. The van der Waals surface area contributed by atoms with E-state index in [1.165, 1.54) is 0 Å². The number of amides is 1. The van der Waals surface area contributed by atoms with E-state index in [0.717, 1.165) is 29.6 Å². The van der Waals surface area contributed by atoms with E-state index in [1.54, 1.807) is 6.07 Å². The minimum absolute atomic E-state index is 0.0963. The first-order valence-electron chi connectivity index (χ1n) is 7.32. The highest BCUT2D eigenvalue weighted by molar-refractivity contribution is 6.30. The molecule has 0 unspecified atom stereocenters. The van der Waals surface area contributed by atoms with Gasteiger partial charge in [-0.1, -0.05) is 22.8 Å². The first-order chi connectivity index (χ1) is 10.6. The zero-order valence-corrected chi connectivity index (χ0v) is 13.2. The van der Waals surface area contributed by atoms with Crippen molar-refractivity contribution in [3.05, 3.63) is 46.8 Å². The standard InChI is InChI=1S/C16H18ClN3O2/c1-12-9-14(18-22-12)11-16(21)20-7-5-19(6-8-20)15-4-2-3-13(17)10-15/h2-4,9-10H,5-8,11H2,1H3. The van der Waals surface area contributed by atoms with Crippen LogP contribution >= 0.6 is 11.6 Å². The molecule has 0 spiro atoms. The van der Waals surface area contributed by atoms with Crippen molar-refractivity contribution in [2.75, 3.05) is 31.1 Å². The molecule has 0 bridgehead atoms. The minimum atomic E-state index is 0.0963. The van der Waals surface area contributed by atoms with E-state index in [4.69, 9.17) is 16.1 Å². The van der Waals surface area contributed by atoms with Gasteiger partial charge in [-0.2, -0.15) is 0 Å². The van der Waals surface area contributed by atoms with E-state index < -0.39 is 0 Å². The van der Waals surface area contributed by atoms with Crippen LogP contribution in [0.3, 0.4) is 0 Å². The third-order valence-corrected chi connectivity index (χ3v) is 4.05. The molecule has 0 atom stereocenters. The summed E-state index contributed by atoms with van der Waals surface area (Å²) < 4.78 is 5.00. The van der Waals surface area contributed by atoms with E-state index in [1.807, 2.05) is 36.1 Å². The van der Waals surface area contributed by atoms with Gasteiger partial charge in [-0.3, -0.25) is 4.79 Å². The lowest BCUT2D eigenvalue weighted by molar-refractivity contribution is -0.130. The molecule has 2 aromatic rings. The lowest BCUT2D eigenvalue weighted by Crippen LogP contribution is -2.49. The number of nitrogens with zero attached hydrogens (tertiary/aromatic N) is 3. The van der Waals surface area contributed by atoms with Gasteiger partial charge in [0.1, 0.15) is 5.76 Å². The SMILES string of the molecule is Cc1cc(CC(=O)N2CCN(c3cccc(Cl)c3)CC2)no1. The topological polar surface area (TPSA) is 49.6 Å². The maximum absolute atomic E-state index is 12.3. The molecule has 22 heavy (non-hydrogen) atoms. The predicted octanol–water partition coefficient (Wildman–Crippen LogP) is 2.53. The number of benzene rings is 1. The van der Waals surface area contributed by atoms with Gasteiger partial charge in [-0.15, -0.1) is 0 Å². The Morgan fingerprint density at radius 1 is 1.27 bits per heavy atom. The van der Waals surface area contributed by atoms with Crippen molar-refractivity contribution < 1.29 is 9.32 Å². The Morgan fingerprint density at radius 3 is 2.68 bits per heavy atom. The smallest absolute Gasteiger partial charge is 0.228 e. The van der Waals surface area contributed by atoms with E-state index in [9.17, 15) is 4.79 Å². The number of rotatable bonds is 3. The van der Waals surface area contributed by atoms with Crippen molar-refractivity contribution in [2.45, 2.75) is 13.3 Å². The summed E-state index contributed by atoms with van der Waals surface area (Å²) in [5, 5.41) is 4.61. The molecule has 2 heterocycles. The summed E-state index contributed by atoms with van der Waals surface area (Å²) in [6, 6.07) is 9.62. The molecule has 116 valence electrons. The van der Waals surface area contributed by atoms with Crippen LogP contribution in [0.5, 0.6) is 0 Å². The van der Waals surface area contributed by atoms with Crippen LogP contribution in [0.2, 0.25) is 5.02 Å². The zero-order valence-electron chi connectivity index (χ0n) is 12.5. The number of piperazine rings is 1. The Kier molecular flexibility index (Phi) is 4.34. The van der Waals surface area contributed by atoms with Crippen LogP contribution in [0.15, 0.2) is 34.9 Å². The molecule has 1 aromatic carbocycles. The maximum Gasteiger partial charge on any atom is 0.228 e. The van der Waals surface area contributed by atoms with Crippen LogP contribution in [0.1, 0.15) is 11.5 Å². The van der Waals surface area contributed by atoms with Crippen LogP contribution in [-0.4, -0.2) is 42.1 Å². The number of anilines is 1. The van der Waals surface area contributed by atoms with Gasteiger partial charge in [0, 0.05) is 43.0 Å². The third kappa shape index (κ3) is 3.42. The van der Waals surface area contributed by atoms with E-state index in [-0.39, 0.29) is 5.91 Å². The van der Waals surface area contributed by atoms with Crippen molar-refractivity contribution >= 4 is 23.2 Å². The second-order valence-corrected chi connectivity index (χ2v) is 5.89. The van der Waals surface area contributed by atoms with Gasteiger partial charge in [0.2, 0.25) is 5.91 Å². The number of hydrogen-bond donors (Lipinski definition) is 0. The van der Waals surface area contributed by atoms with Gasteiger partial charge in [0.15, 0.2) is 0 Å². The molecule has 1 fully saturated rings. The summed E-state index contributed by atoms with van der Waals surface area (Å²) in [6.07, 6.45) is 0.300. The lowest BCUT2D eigenvalue weighted by atomic mass is 10.2. The molecule has 0 saturated carbocycles. The molecule has 1 aromatic heterocycles. The number of aromatic nitrogens is 1. The van der Waals surface area contributed by atoms with Gasteiger partial charge in [0.05, 0.1) is 12.1 Å². The summed E-state index contributed by atoms with van der Waals surface area (Å²) in [5.41, 5.74) is 1.80. The first kappa shape index (κ1) is 14.9. The number of halogens is 1. The maximum atomic E-state index is 12.3. The minimum Gasteiger partial charge on any atom is -0.368 e. The van der Waals surface area contributed by atoms with Gasteiger partial charge >= 0.3 is 0 Å². The molecule has 1 saturated heterocycles. The highest BCUT2D eigenvalue weighted by Crippen LogP contribution is 2.21. The fraction of sp³-hybridized carbons (Fsp3) is 0.375. The Hall–Kier alpha value is -2.01. The van der Waals surface area contributed by atoms with Crippen LogP contribution in [-0.2, 0) is 11.2 Å². The summed E-state index contributed by atoms with van der Waals surface area (Å²) in [6.45, 7) is 4.86. The predicted molar refractivity (Wildman–Crippen MR) is 85.2 cm³/mol. The van der Waals surface area contributed by atoms with Crippen molar-refractivity contribution in [3.8, 4) is 0 Å². The summed E-state index contributed by atoms with van der Waals surface area (Å²) in [4.78, 5) is 16.4. The summed E-state index contributed by atoms with van der Waals surface area (Å²) in [5.74, 6) is 0.826. The molecule has 5 nitrogen and oxygen atoms in total. The van der Waals surface area contributed by atoms with Crippen molar-refractivity contribution in [1.29, 1.82) is 0 Å². The van der Waals surface area contributed by atoms with Gasteiger partial charge in [-0.25, -0.2) is 0 Å². The highest BCUT2D eigenvalue weighted by atomic mass is 35.5. The second-order valence-electron chi connectivity index (χ2n) is 5.45. The lowest BCUT2D eigenvalue weighted by Gasteiger charge is -2.36. The van der Waals surface area contributed by atoms with Crippen LogP contribution in [0, 0.1) is 6.92 Å². The Balaban J connectivity index is 1.56. The third-order valence-electron chi connectivity index (χ3n) is 3.81. The molecule has 0 N–H and O–H groups in total. The number of carbonyl (C=O) groups excluding carboxylic acids is 1. The fourth-order valence-electron chi connectivity index (χ4n) is 2.65. The zero-order chi connectivity index (χ0) is 15.5. The Labute approximate surface area is 134 Å². The Morgan fingerprint density at radius 2 is 2.05 bits per heavy atom. The van der Waals surface area contributed by atoms with Crippen molar-refractivity contribution in [3.63, 3.8) is 0 Å². The van der Waals surface area contributed by atoms with Crippen LogP contribution < -0.4 is 4.90 Å². The van der Waals surface area contributed by atoms with E-state index in [2.05, 4.69) is 10.1 Å². The number of aryl methyl sites for hydroxylation is 1. The fourth-order valence-corrected chi connectivity index (χ4v) is 2.84. The van der Waals surface area contributed by atoms with E-state index >= 15 is 0 Å². The highest BCUT2D eigenvalue weighted by Gasteiger charge is 2.22. The molecular formula is C16H18ClN3O2. The molecule has 6 heteroatoms. The summed E-state index contributed by atoms with van der Waals surface area (Å²) in [7, 11) is 0. The molecule has 0 radical (unpaired) electrons. The van der Waals surface area contributed by atoms with Crippen LogP contribution in [0.4, 0.5) is 5.69 Å². The van der Waals surface area contributed by atoms with Gasteiger partial charge in [-0.05, 0) is 25.1 Å². The largest absolute Gasteiger partial charge is 0.368 e. The Bertz CT molecular complexity index is 663. The molecule has 0 aliphatic carbocycles. The van der Waals surface area contributed by atoms with Gasteiger partial charge in [0.25, 0.3) is 0 Å². The van der Waals surface area contributed by atoms with Crippen molar-refractivity contribution in [1.82, 2.24) is 10.1 Å². The molecule has 1 aliphatic heterocycles. The quantitative estimate of drug-likeness (QED) is 0.872. The summed E-state index contributed by atoms with van der Waals surface area (Å²) >= 11 is 6.03. The second kappa shape index (κ2) is 6.40. The van der Waals surface area contributed by atoms with Gasteiger partial charge < -0.3 is 14.3 Å². The van der Waals surface area contributed by atoms with Crippen LogP contribution in [0.25, 0.3) is 0 Å². The van der Waals surface area contributed by atoms with E-state index in [0.29, 0.717) is 25.2 Å². The molecule has 1 aliphatic rings. The number of carbonyl (C=O) groups is 1. The average Bonchev–Trinajstić information content (AvgIpc) is 2.92.